The number of ether oxygens (including phenoxy) is 2. The maximum atomic E-state index is 13.2. The third-order valence-electron chi connectivity index (χ3n) is 6.08. The van der Waals surface area contributed by atoms with Gasteiger partial charge < -0.3 is 25.0 Å². The average molecular weight is 402 g/mol. The lowest BCUT2D eigenvalue weighted by Crippen LogP contribution is -2.57. The fourth-order valence-corrected chi connectivity index (χ4v) is 4.47. The number of benzene rings is 1. The summed E-state index contributed by atoms with van der Waals surface area (Å²) in [4.78, 5) is 15.6. The molecule has 1 aromatic carbocycles. The number of amides is 1. The maximum absolute atomic E-state index is 13.2. The van der Waals surface area contributed by atoms with Crippen molar-refractivity contribution in [3.8, 4) is 0 Å². The largest absolute Gasteiger partial charge is 0.383 e. The number of aromatic nitrogens is 2. The van der Waals surface area contributed by atoms with Crippen LogP contribution in [0.4, 0.5) is 5.69 Å². The number of carbonyl (C=O) groups is 1. The van der Waals surface area contributed by atoms with E-state index in [4.69, 9.17) is 9.47 Å². The normalized spacial score (nSPS) is 23.4. The second kappa shape index (κ2) is 9.11. The highest BCUT2D eigenvalue weighted by molar-refractivity contribution is 6.05. The third-order valence-corrected chi connectivity index (χ3v) is 6.08. The summed E-state index contributed by atoms with van der Waals surface area (Å²) in [6.07, 6.45) is 2.34. The van der Waals surface area contributed by atoms with Gasteiger partial charge in [-0.2, -0.15) is 5.10 Å². The Kier molecular flexibility index (Phi) is 6.32. The number of methoxy groups -OCH3 is 2. The zero-order valence-electron chi connectivity index (χ0n) is 17.3. The van der Waals surface area contributed by atoms with E-state index in [1.807, 2.05) is 22.9 Å². The highest BCUT2D eigenvalue weighted by Gasteiger charge is 2.35. The molecule has 1 atom stereocenters. The molecule has 158 valence electrons. The summed E-state index contributed by atoms with van der Waals surface area (Å²) in [6, 6.07) is 6.25. The monoisotopic (exact) mass is 401 g/mol. The number of nitrogens with zero attached hydrogens (tertiary/aromatic N) is 3. The molecule has 2 aromatic rings. The number of hydrogen-bond donors (Lipinski definition) is 2. The number of fused-ring (bicyclic) bond motifs is 4. The molecule has 0 spiro atoms. The van der Waals surface area contributed by atoms with Crippen LogP contribution in [-0.2, 0) is 16.0 Å². The van der Waals surface area contributed by atoms with Crippen molar-refractivity contribution in [3.05, 3.63) is 23.9 Å². The zero-order chi connectivity index (χ0) is 20.2. The van der Waals surface area contributed by atoms with Gasteiger partial charge in [0.15, 0.2) is 5.69 Å². The molecule has 3 fully saturated rings. The van der Waals surface area contributed by atoms with Gasteiger partial charge in [-0.1, -0.05) is 0 Å². The highest BCUT2D eigenvalue weighted by Crippen LogP contribution is 2.28. The van der Waals surface area contributed by atoms with E-state index in [1.165, 1.54) is 12.8 Å². The number of hydrogen-bond acceptors (Lipinski definition) is 6. The lowest BCUT2D eigenvalue weighted by molar-refractivity contribution is 0.0618. The maximum Gasteiger partial charge on any atom is 0.272 e. The first-order valence-corrected chi connectivity index (χ1v) is 10.4. The van der Waals surface area contributed by atoms with Gasteiger partial charge in [-0.25, -0.2) is 0 Å². The van der Waals surface area contributed by atoms with Gasteiger partial charge in [0.25, 0.3) is 5.91 Å². The number of carbonyl (C=O) groups excluding carboxylic acids is 1. The third kappa shape index (κ3) is 4.39. The molecule has 0 unspecified atom stereocenters. The predicted molar refractivity (Wildman–Crippen MR) is 112 cm³/mol. The Balaban J connectivity index is 1.58. The average Bonchev–Trinajstić information content (AvgIpc) is 3.11. The topological polar surface area (TPSA) is 80.7 Å². The molecule has 1 aromatic heterocycles. The quantitative estimate of drug-likeness (QED) is 0.621. The summed E-state index contributed by atoms with van der Waals surface area (Å²) in [5, 5.41) is 12.1. The molecule has 2 bridgehead atoms. The molecule has 0 radical (unpaired) electrons. The lowest BCUT2D eigenvalue weighted by Gasteiger charge is -2.44. The molecule has 8 nitrogen and oxygen atoms in total. The summed E-state index contributed by atoms with van der Waals surface area (Å²) >= 11 is 0. The van der Waals surface area contributed by atoms with E-state index in [2.05, 4.69) is 20.6 Å². The highest BCUT2D eigenvalue weighted by atomic mass is 16.5. The van der Waals surface area contributed by atoms with Crippen LogP contribution in [0.5, 0.6) is 0 Å². The summed E-state index contributed by atoms with van der Waals surface area (Å²) in [6.45, 7) is 5.74. The van der Waals surface area contributed by atoms with Crippen LogP contribution in [0.15, 0.2) is 18.2 Å². The summed E-state index contributed by atoms with van der Waals surface area (Å²) in [5.74, 6) is 0.496. The van der Waals surface area contributed by atoms with E-state index in [-0.39, 0.29) is 11.9 Å². The van der Waals surface area contributed by atoms with E-state index in [1.54, 1.807) is 14.2 Å². The Hall–Kier alpha value is -2.16. The fraction of sp³-hybridized carbons (Fsp3) is 0.619. The molecule has 3 aliphatic rings. The van der Waals surface area contributed by atoms with Crippen molar-refractivity contribution in [2.45, 2.75) is 25.4 Å². The minimum atomic E-state index is -0.0843. The first-order valence-electron chi connectivity index (χ1n) is 10.4. The zero-order valence-corrected chi connectivity index (χ0v) is 17.3. The molecular weight excluding hydrogens is 370 g/mol. The van der Waals surface area contributed by atoms with Crippen molar-refractivity contribution in [2.75, 3.05) is 58.9 Å². The molecular formula is C21H31N5O3. The Labute approximate surface area is 171 Å². The second-order valence-electron chi connectivity index (χ2n) is 7.93. The minimum absolute atomic E-state index is 0.0843. The van der Waals surface area contributed by atoms with Crippen molar-refractivity contribution >= 4 is 22.5 Å². The second-order valence-corrected chi connectivity index (χ2v) is 7.93. The van der Waals surface area contributed by atoms with E-state index in [0.717, 1.165) is 36.2 Å². The Bertz CT molecular complexity index is 844. The molecule has 0 saturated carbocycles. The molecule has 29 heavy (non-hydrogen) atoms. The van der Waals surface area contributed by atoms with Crippen LogP contribution in [0.2, 0.25) is 0 Å². The summed E-state index contributed by atoms with van der Waals surface area (Å²) in [5.41, 5.74) is 2.39. The molecule has 4 heterocycles. The smallest absolute Gasteiger partial charge is 0.272 e. The standard InChI is InChI=1S/C21H31N5O3/c1-28-11-7-22-16-3-4-19-17(13-16)20(24-26(19)10-12-29-2)21(27)23-18-14-25-8-5-15(18)6-9-25/h3-4,13,15,18,22H,5-12,14H2,1-2H3,(H,23,27)/t18-/m0/s1. The first kappa shape index (κ1) is 20.1. The molecule has 2 N–H and O–H groups in total. The van der Waals surface area contributed by atoms with Gasteiger partial charge in [0.05, 0.1) is 25.3 Å². The molecule has 0 aliphatic carbocycles. The van der Waals surface area contributed by atoms with Crippen LogP contribution < -0.4 is 10.6 Å². The number of rotatable bonds is 9. The summed E-state index contributed by atoms with van der Waals surface area (Å²) in [7, 11) is 3.35. The van der Waals surface area contributed by atoms with E-state index in [9.17, 15) is 4.79 Å². The van der Waals surface area contributed by atoms with E-state index >= 15 is 0 Å². The van der Waals surface area contributed by atoms with Crippen molar-refractivity contribution < 1.29 is 14.3 Å². The van der Waals surface area contributed by atoms with Crippen LogP contribution in [-0.4, -0.2) is 80.2 Å². The first-order chi connectivity index (χ1) is 14.2. The van der Waals surface area contributed by atoms with Gasteiger partial charge in [0, 0.05) is 44.4 Å². The molecule has 3 aliphatic heterocycles. The van der Waals surface area contributed by atoms with Gasteiger partial charge in [-0.05, 0) is 50.0 Å². The van der Waals surface area contributed by atoms with E-state index in [0.29, 0.717) is 37.9 Å². The number of anilines is 1. The van der Waals surface area contributed by atoms with Gasteiger partial charge in [-0.3, -0.25) is 9.48 Å². The van der Waals surface area contributed by atoms with Crippen molar-refractivity contribution in [1.82, 2.24) is 20.0 Å². The van der Waals surface area contributed by atoms with Crippen molar-refractivity contribution in [3.63, 3.8) is 0 Å². The SMILES string of the molecule is COCCNc1ccc2c(c1)c(C(=O)N[C@H]1CN3CCC1CC3)nn2CCOC. The molecule has 8 heteroatoms. The molecule has 1 amide bonds. The van der Waals surface area contributed by atoms with Crippen LogP contribution in [0.25, 0.3) is 10.9 Å². The van der Waals surface area contributed by atoms with E-state index < -0.39 is 0 Å². The van der Waals surface area contributed by atoms with Crippen LogP contribution in [0, 0.1) is 5.92 Å². The Morgan fingerprint density at radius 3 is 2.69 bits per heavy atom. The van der Waals surface area contributed by atoms with Crippen LogP contribution in [0.3, 0.4) is 0 Å². The predicted octanol–water partition coefficient (Wildman–Crippen LogP) is 1.56. The Morgan fingerprint density at radius 2 is 2.00 bits per heavy atom. The minimum Gasteiger partial charge on any atom is -0.383 e. The fourth-order valence-electron chi connectivity index (χ4n) is 4.47. The van der Waals surface area contributed by atoms with Crippen LogP contribution >= 0.6 is 0 Å². The Morgan fingerprint density at radius 1 is 1.21 bits per heavy atom. The molecule has 3 saturated heterocycles. The van der Waals surface area contributed by atoms with Gasteiger partial charge >= 0.3 is 0 Å². The van der Waals surface area contributed by atoms with Gasteiger partial charge in [-0.15, -0.1) is 0 Å². The molecule has 5 rings (SSSR count). The number of nitrogens with one attached hydrogen (secondary N) is 2. The van der Waals surface area contributed by atoms with Gasteiger partial charge in [0.2, 0.25) is 0 Å². The van der Waals surface area contributed by atoms with Crippen molar-refractivity contribution in [1.29, 1.82) is 0 Å². The lowest BCUT2D eigenvalue weighted by atomic mass is 9.84. The summed E-state index contributed by atoms with van der Waals surface area (Å²) < 4.78 is 12.2. The number of piperidine rings is 3. The van der Waals surface area contributed by atoms with Crippen LogP contribution in [0.1, 0.15) is 23.3 Å². The van der Waals surface area contributed by atoms with Gasteiger partial charge in [0.1, 0.15) is 0 Å². The van der Waals surface area contributed by atoms with Crippen molar-refractivity contribution in [2.24, 2.45) is 5.92 Å².